The quantitative estimate of drug-likeness (QED) is 0.838. The minimum Gasteiger partial charge on any atom is -0.351 e. The highest BCUT2D eigenvalue weighted by Crippen LogP contribution is 2.25. The molecule has 0 unspecified atom stereocenters. The van der Waals surface area contributed by atoms with Crippen molar-refractivity contribution in [2.45, 2.75) is 38.5 Å². The third-order valence-corrected chi connectivity index (χ3v) is 4.71. The largest absolute Gasteiger partial charge is 0.351 e. The van der Waals surface area contributed by atoms with E-state index in [1.165, 1.54) is 43.4 Å². The van der Waals surface area contributed by atoms with Gasteiger partial charge in [0, 0.05) is 6.54 Å². The number of nitrogens with one attached hydrogen (secondary N) is 1. The molecule has 1 heterocycles. The van der Waals surface area contributed by atoms with Crippen LogP contribution < -0.4 is 11.1 Å². The van der Waals surface area contributed by atoms with Crippen LogP contribution in [0, 0.1) is 17.8 Å². The van der Waals surface area contributed by atoms with E-state index in [9.17, 15) is 4.79 Å². The van der Waals surface area contributed by atoms with Crippen LogP contribution in [0.1, 0.15) is 53.1 Å². The molecule has 1 aliphatic carbocycles. The number of thiophene rings is 1. The minimum absolute atomic E-state index is 0.0200. The van der Waals surface area contributed by atoms with Crippen molar-refractivity contribution in [3.05, 3.63) is 21.9 Å². The van der Waals surface area contributed by atoms with Gasteiger partial charge in [0.05, 0.1) is 16.3 Å². The molecule has 1 amide bonds. The molecule has 1 aliphatic rings. The number of carbonyl (C=O) groups is 1. The standard InChI is InChI=1S/C16H22N2OS/c17-11-4-7-14-8-9-15(20-14)16(19)18-12-10-13-5-2-1-3-6-13/h8-9,13H,1-3,5-6,10-12,17H2,(H,18,19). The zero-order valence-corrected chi connectivity index (χ0v) is 12.6. The van der Waals surface area contributed by atoms with E-state index in [1.54, 1.807) is 0 Å². The van der Waals surface area contributed by atoms with E-state index in [0.717, 1.165) is 28.6 Å². The summed E-state index contributed by atoms with van der Waals surface area (Å²) < 4.78 is 0. The molecule has 0 aromatic carbocycles. The highest BCUT2D eigenvalue weighted by Gasteiger charge is 2.14. The van der Waals surface area contributed by atoms with Crippen LogP contribution in [-0.2, 0) is 0 Å². The fourth-order valence-electron chi connectivity index (χ4n) is 2.62. The van der Waals surface area contributed by atoms with Crippen LogP contribution >= 0.6 is 11.3 Å². The first-order valence-corrected chi connectivity index (χ1v) is 8.18. The Balaban J connectivity index is 1.75. The number of amides is 1. The Morgan fingerprint density at radius 3 is 2.90 bits per heavy atom. The number of hydrogen-bond donors (Lipinski definition) is 2. The van der Waals surface area contributed by atoms with Gasteiger partial charge < -0.3 is 11.1 Å². The summed E-state index contributed by atoms with van der Waals surface area (Å²) in [5, 5.41) is 3.01. The monoisotopic (exact) mass is 290 g/mol. The molecular formula is C16H22N2OS. The smallest absolute Gasteiger partial charge is 0.261 e. The Morgan fingerprint density at radius 2 is 2.15 bits per heavy atom. The Bertz CT molecular complexity index is 492. The molecule has 1 aromatic heterocycles. The normalized spacial score (nSPS) is 15.4. The second-order valence-electron chi connectivity index (χ2n) is 5.22. The molecule has 0 atom stereocenters. The van der Waals surface area contributed by atoms with Crippen molar-refractivity contribution in [2.24, 2.45) is 11.7 Å². The lowest BCUT2D eigenvalue weighted by Crippen LogP contribution is -2.25. The number of carbonyl (C=O) groups excluding carboxylic acids is 1. The number of nitrogens with two attached hydrogens (primary N) is 1. The maximum atomic E-state index is 12.0. The molecule has 3 nitrogen and oxygen atoms in total. The molecule has 20 heavy (non-hydrogen) atoms. The van der Waals surface area contributed by atoms with Crippen molar-refractivity contribution in [3.63, 3.8) is 0 Å². The van der Waals surface area contributed by atoms with E-state index in [1.807, 2.05) is 12.1 Å². The molecule has 0 spiro atoms. The van der Waals surface area contributed by atoms with Gasteiger partial charge in [0.15, 0.2) is 0 Å². The third kappa shape index (κ3) is 4.66. The molecule has 1 aromatic rings. The highest BCUT2D eigenvalue weighted by molar-refractivity contribution is 7.14. The first-order chi connectivity index (χ1) is 9.79. The fourth-order valence-corrected chi connectivity index (χ4v) is 3.42. The molecule has 2 rings (SSSR count). The Hall–Kier alpha value is -1.31. The maximum absolute atomic E-state index is 12.0. The van der Waals surface area contributed by atoms with Crippen molar-refractivity contribution in [1.82, 2.24) is 5.32 Å². The molecule has 0 radical (unpaired) electrons. The van der Waals surface area contributed by atoms with Crippen molar-refractivity contribution in [1.29, 1.82) is 0 Å². The molecule has 4 heteroatoms. The van der Waals surface area contributed by atoms with Crippen LogP contribution in [-0.4, -0.2) is 19.0 Å². The molecule has 3 N–H and O–H groups in total. The molecule has 0 bridgehead atoms. The summed E-state index contributed by atoms with van der Waals surface area (Å²) in [6, 6.07) is 3.71. The van der Waals surface area contributed by atoms with Gasteiger partial charge >= 0.3 is 0 Å². The highest BCUT2D eigenvalue weighted by atomic mass is 32.1. The summed E-state index contributed by atoms with van der Waals surface area (Å²) in [5.41, 5.74) is 5.33. The summed E-state index contributed by atoms with van der Waals surface area (Å²) in [4.78, 5) is 13.6. The van der Waals surface area contributed by atoms with Gasteiger partial charge in [-0.3, -0.25) is 4.79 Å². The van der Waals surface area contributed by atoms with Crippen LogP contribution in [0.3, 0.4) is 0 Å². The van der Waals surface area contributed by atoms with Gasteiger partial charge in [0.2, 0.25) is 0 Å². The SMILES string of the molecule is NCC#Cc1ccc(C(=O)NCCC2CCCCC2)s1. The summed E-state index contributed by atoms with van der Waals surface area (Å²) in [7, 11) is 0. The Labute approximate surface area is 124 Å². The Kier molecular flexibility index (Phi) is 6.10. The molecule has 0 aliphatic heterocycles. The Morgan fingerprint density at radius 1 is 1.35 bits per heavy atom. The molecule has 1 fully saturated rings. The van der Waals surface area contributed by atoms with Crippen LogP contribution in [0.2, 0.25) is 0 Å². The van der Waals surface area contributed by atoms with Gasteiger partial charge in [-0.25, -0.2) is 0 Å². The molecule has 0 saturated heterocycles. The van der Waals surface area contributed by atoms with Crippen LogP contribution in [0.4, 0.5) is 0 Å². The van der Waals surface area contributed by atoms with Crippen molar-refractivity contribution in [3.8, 4) is 11.8 Å². The lowest BCUT2D eigenvalue weighted by Gasteiger charge is -2.21. The van der Waals surface area contributed by atoms with Gasteiger partial charge in [0.1, 0.15) is 0 Å². The van der Waals surface area contributed by atoms with Gasteiger partial charge in [-0.15, -0.1) is 11.3 Å². The summed E-state index contributed by atoms with van der Waals surface area (Å²) in [5.74, 6) is 6.57. The van der Waals surface area contributed by atoms with E-state index >= 15 is 0 Å². The minimum atomic E-state index is 0.0200. The van der Waals surface area contributed by atoms with Gasteiger partial charge in [-0.05, 0) is 24.5 Å². The zero-order chi connectivity index (χ0) is 14.2. The van der Waals surface area contributed by atoms with Crippen LogP contribution in [0.15, 0.2) is 12.1 Å². The first kappa shape index (κ1) is 15.1. The average Bonchev–Trinajstić information content (AvgIpc) is 2.95. The second-order valence-corrected chi connectivity index (χ2v) is 6.30. The maximum Gasteiger partial charge on any atom is 0.261 e. The van der Waals surface area contributed by atoms with E-state index in [0.29, 0.717) is 6.54 Å². The number of hydrogen-bond acceptors (Lipinski definition) is 3. The average molecular weight is 290 g/mol. The first-order valence-electron chi connectivity index (χ1n) is 7.36. The lowest BCUT2D eigenvalue weighted by atomic mass is 9.87. The van der Waals surface area contributed by atoms with Gasteiger partial charge in [-0.2, -0.15) is 0 Å². The van der Waals surface area contributed by atoms with Crippen molar-refractivity contribution in [2.75, 3.05) is 13.1 Å². The molecule has 1 saturated carbocycles. The predicted molar refractivity (Wildman–Crippen MR) is 83.8 cm³/mol. The van der Waals surface area contributed by atoms with Gasteiger partial charge in [0.25, 0.3) is 5.91 Å². The van der Waals surface area contributed by atoms with E-state index in [-0.39, 0.29) is 5.91 Å². The lowest BCUT2D eigenvalue weighted by molar-refractivity contribution is 0.0954. The summed E-state index contributed by atoms with van der Waals surface area (Å²) in [6.07, 6.45) is 7.85. The molecular weight excluding hydrogens is 268 g/mol. The number of rotatable bonds is 4. The van der Waals surface area contributed by atoms with E-state index in [4.69, 9.17) is 5.73 Å². The van der Waals surface area contributed by atoms with Gasteiger partial charge in [-0.1, -0.05) is 43.9 Å². The fraction of sp³-hybridized carbons (Fsp3) is 0.562. The topological polar surface area (TPSA) is 55.1 Å². The summed E-state index contributed by atoms with van der Waals surface area (Å²) >= 11 is 1.43. The van der Waals surface area contributed by atoms with Crippen molar-refractivity contribution < 1.29 is 4.79 Å². The summed E-state index contributed by atoms with van der Waals surface area (Å²) in [6.45, 7) is 1.13. The van der Waals surface area contributed by atoms with Crippen LogP contribution in [0.5, 0.6) is 0 Å². The molecule has 108 valence electrons. The van der Waals surface area contributed by atoms with E-state index in [2.05, 4.69) is 17.2 Å². The predicted octanol–water partition coefficient (Wildman–Crippen LogP) is 2.76. The zero-order valence-electron chi connectivity index (χ0n) is 11.8. The van der Waals surface area contributed by atoms with E-state index < -0.39 is 0 Å². The van der Waals surface area contributed by atoms with Crippen molar-refractivity contribution >= 4 is 17.2 Å². The third-order valence-electron chi connectivity index (χ3n) is 3.71. The van der Waals surface area contributed by atoms with Crippen LogP contribution in [0.25, 0.3) is 0 Å². The second kappa shape index (κ2) is 8.08.